The third kappa shape index (κ3) is 4.22. The minimum Gasteiger partial charge on any atom is -0.477 e. The van der Waals surface area contributed by atoms with Crippen LogP contribution in [0.2, 0.25) is 0 Å². The Labute approximate surface area is 185 Å². The molecule has 0 saturated carbocycles. The van der Waals surface area contributed by atoms with Crippen LogP contribution in [0.4, 0.5) is 5.69 Å². The molecule has 0 unspecified atom stereocenters. The lowest BCUT2D eigenvalue weighted by molar-refractivity contribution is -0.131. The molecule has 2 N–H and O–H groups in total. The molecule has 31 heavy (non-hydrogen) atoms. The predicted molar refractivity (Wildman–Crippen MR) is 127 cm³/mol. The van der Waals surface area contributed by atoms with Crippen molar-refractivity contribution in [2.45, 2.75) is 19.0 Å². The number of nitrogens with zero attached hydrogens (tertiary/aromatic N) is 3. The fraction of sp³-hybridized carbons (Fsp3) is 0.167. The molecule has 4 aromatic rings. The zero-order chi connectivity index (χ0) is 22.1. The van der Waals surface area contributed by atoms with E-state index in [1.165, 1.54) is 0 Å². The zero-order valence-electron chi connectivity index (χ0n) is 17.9. The van der Waals surface area contributed by atoms with Gasteiger partial charge in [-0.2, -0.15) is 0 Å². The molecule has 6 nitrogen and oxygen atoms in total. The SMILES string of the molecule is Cc1cc(/C=C(/Sc2nc3ccccc3[nH]2)C(=O)O)c(C)n1-c1ccc(N(C)C)cc1. The first-order chi connectivity index (χ1) is 14.8. The molecule has 2 aromatic heterocycles. The fourth-order valence-corrected chi connectivity index (χ4v) is 4.38. The number of rotatable bonds is 6. The molecule has 0 aliphatic heterocycles. The Kier molecular flexibility index (Phi) is 5.61. The lowest BCUT2D eigenvalue weighted by Crippen LogP contribution is -2.08. The van der Waals surface area contributed by atoms with Crippen LogP contribution in [0.5, 0.6) is 0 Å². The summed E-state index contributed by atoms with van der Waals surface area (Å²) >= 11 is 1.12. The number of carboxylic acids is 1. The summed E-state index contributed by atoms with van der Waals surface area (Å²) in [5, 5.41) is 10.4. The Morgan fingerprint density at radius 3 is 2.48 bits per heavy atom. The number of aromatic nitrogens is 3. The summed E-state index contributed by atoms with van der Waals surface area (Å²) in [6, 6.07) is 18.0. The average Bonchev–Trinajstić information content (AvgIpc) is 3.27. The highest BCUT2D eigenvalue weighted by Crippen LogP contribution is 2.30. The van der Waals surface area contributed by atoms with Gasteiger partial charge in [0.05, 0.1) is 11.0 Å². The number of hydrogen-bond acceptors (Lipinski definition) is 4. The summed E-state index contributed by atoms with van der Waals surface area (Å²) in [5.74, 6) is -0.981. The van der Waals surface area contributed by atoms with Crippen molar-refractivity contribution in [2.75, 3.05) is 19.0 Å². The minimum absolute atomic E-state index is 0.210. The largest absolute Gasteiger partial charge is 0.477 e. The van der Waals surface area contributed by atoms with Gasteiger partial charge >= 0.3 is 5.97 Å². The van der Waals surface area contributed by atoms with Crippen LogP contribution in [0.3, 0.4) is 0 Å². The van der Waals surface area contributed by atoms with E-state index in [1.54, 1.807) is 6.08 Å². The highest BCUT2D eigenvalue weighted by Gasteiger charge is 2.16. The number of thioether (sulfide) groups is 1. The molecule has 7 heteroatoms. The third-order valence-electron chi connectivity index (χ3n) is 5.17. The third-order valence-corrected chi connectivity index (χ3v) is 6.07. The Hall–Kier alpha value is -3.45. The number of H-pyrrole nitrogens is 1. The first-order valence-electron chi connectivity index (χ1n) is 9.88. The predicted octanol–water partition coefficient (Wildman–Crippen LogP) is 5.25. The van der Waals surface area contributed by atoms with E-state index >= 15 is 0 Å². The molecular formula is C24H24N4O2S. The summed E-state index contributed by atoms with van der Waals surface area (Å²) in [6.07, 6.45) is 1.72. The van der Waals surface area contributed by atoms with Gasteiger partial charge in [0, 0.05) is 36.9 Å². The van der Waals surface area contributed by atoms with Crippen molar-refractivity contribution < 1.29 is 9.90 Å². The maximum absolute atomic E-state index is 12.0. The van der Waals surface area contributed by atoms with E-state index in [0.717, 1.165) is 51.1 Å². The molecule has 0 bridgehead atoms. The van der Waals surface area contributed by atoms with Crippen molar-refractivity contribution in [3.05, 3.63) is 76.5 Å². The minimum atomic E-state index is -0.981. The first-order valence-corrected chi connectivity index (χ1v) is 10.7. The van der Waals surface area contributed by atoms with Crippen LogP contribution in [0.25, 0.3) is 22.8 Å². The average molecular weight is 433 g/mol. The molecule has 0 amide bonds. The Bertz CT molecular complexity index is 1250. The van der Waals surface area contributed by atoms with Gasteiger partial charge in [-0.15, -0.1) is 0 Å². The summed E-state index contributed by atoms with van der Waals surface area (Å²) < 4.78 is 2.14. The van der Waals surface area contributed by atoms with Gasteiger partial charge in [0.2, 0.25) is 0 Å². The maximum atomic E-state index is 12.0. The van der Waals surface area contributed by atoms with Crippen molar-refractivity contribution in [3.8, 4) is 5.69 Å². The van der Waals surface area contributed by atoms with Gasteiger partial charge in [-0.25, -0.2) is 9.78 Å². The summed E-state index contributed by atoms with van der Waals surface area (Å²) in [4.78, 5) is 21.9. The molecule has 2 aromatic carbocycles. The number of nitrogens with one attached hydrogen (secondary N) is 1. The van der Waals surface area contributed by atoms with E-state index in [0.29, 0.717) is 5.16 Å². The monoisotopic (exact) mass is 432 g/mol. The van der Waals surface area contributed by atoms with Gasteiger partial charge in [-0.3, -0.25) is 0 Å². The molecule has 0 radical (unpaired) electrons. The van der Waals surface area contributed by atoms with Crippen molar-refractivity contribution in [1.82, 2.24) is 14.5 Å². The number of aromatic amines is 1. The topological polar surface area (TPSA) is 74.1 Å². The molecular weight excluding hydrogens is 408 g/mol. The van der Waals surface area contributed by atoms with E-state index in [4.69, 9.17) is 0 Å². The lowest BCUT2D eigenvalue weighted by Gasteiger charge is -2.15. The molecule has 0 saturated heterocycles. The summed E-state index contributed by atoms with van der Waals surface area (Å²) in [7, 11) is 4.02. The van der Waals surface area contributed by atoms with Crippen LogP contribution in [-0.4, -0.2) is 39.7 Å². The van der Waals surface area contributed by atoms with E-state index < -0.39 is 5.97 Å². The van der Waals surface area contributed by atoms with E-state index in [-0.39, 0.29) is 4.91 Å². The highest BCUT2D eigenvalue weighted by molar-refractivity contribution is 8.04. The van der Waals surface area contributed by atoms with Gasteiger partial charge in [0.1, 0.15) is 4.91 Å². The molecule has 4 rings (SSSR count). The van der Waals surface area contributed by atoms with E-state index in [9.17, 15) is 9.90 Å². The Balaban J connectivity index is 1.68. The van der Waals surface area contributed by atoms with Crippen molar-refractivity contribution in [2.24, 2.45) is 0 Å². The second kappa shape index (κ2) is 8.35. The zero-order valence-corrected chi connectivity index (χ0v) is 18.7. The van der Waals surface area contributed by atoms with Crippen LogP contribution >= 0.6 is 11.8 Å². The number of carbonyl (C=O) groups is 1. The smallest absolute Gasteiger partial charge is 0.342 e. The molecule has 2 heterocycles. The summed E-state index contributed by atoms with van der Waals surface area (Å²) in [5.41, 5.74) is 6.76. The van der Waals surface area contributed by atoms with Crippen LogP contribution in [0.1, 0.15) is 17.0 Å². The molecule has 0 fully saturated rings. The lowest BCUT2D eigenvalue weighted by atomic mass is 10.2. The number of benzene rings is 2. The van der Waals surface area contributed by atoms with Crippen molar-refractivity contribution in [3.63, 3.8) is 0 Å². The van der Waals surface area contributed by atoms with Gasteiger partial charge < -0.3 is 19.6 Å². The standard InChI is InChI=1S/C24H24N4O2S/c1-15-13-17(16(2)28(15)19-11-9-18(10-12-19)27(3)4)14-22(23(29)30)31-24-25-20-7-5-6-8-21(20)26-24/h5-14H,1-4H3,(H,25,26)(H,29,30)/b22-14+. The van der Waals surface area contributed by atoms with Crippen molar-refractivity contribution >= 4 is 40.5 Å². The number of carboxylic acid groups (broad SMARTS) is 1. The highest BCUT2D eigenvalue weighted by atomic mass is 32.2. The molecule has 0 aliphatic carbocycles. The first kappa shape index (κ1) is 20.8. The molecule has 0 spiro atoms. The number of anilines is 1. The Morgan fingerprint density at radius 1 is 1.13 bits per heavy atom. The second-order valence-corrected chi connectivity index (χ2v) is 8.58. The maximum Gasteiger partial charge on any atom is 0.342 e. The molecule has 158 valence electrons. The van der Waals surface area contributed by atoms with Gasteiger partial charge in [-0.05, 0) is 79.7 Å². The number of aliphatic carboxylic acids is 1. The number of hydrogen-bond donors (Lipinski definition) is 2. The van der Waals surface area contributed by atoms with Gasteiger partial charge in [-0.1, -0.05) is 12.1 Å². The number of para-hydroxylation sites is 2. The second-order valence-electron chi connectivity index (χ2n) is 7.55. The normalized spacial score (nSPS) is 11.8. The van der Waals surface area contributed by atoms with Gasteiger partial charge in [0.25, 0.3) is 0 Å². The van der Waals surface area contributed by atoms with Gasteiger partial charge in [0.15, 0.2) is 5.16 Å². The number of fused-ring (bicyclic) bond motifs is 1. The summed E-state index contributed by atoms with van der Waals surface area (Å²) in [6.45, 7) is 4.03. The Morgan fingerprint density at radius 2 is 1.84 bits per heavy atom. The van der Waals surface area contributed by atoms with Crippen molar-refractivity contribution in [1.29, 1.82) is 0 Å². The quantitative estimate of drug-likeness (QED) is 0.321. The van der Waals surface area contributed by atoms with Crippen LogP contribution in [0, 0.1) is 13.8 Å². The number of imidazole rings is 1. The molecule has 0 aliphatic rings. The van der Waals surface area contributed by atoms with E-state index in [1.807, 2.05) is 58.3 Å². The van der Waals surface area contributed by atoms with Crippen LogP contribution < -0.4 is 4.90 Å². The van der Waals surface area contributed by atoms with Crippen LogP contribution in [-0.2, 0) is 4.79 Å². The van der Waals surface area contributed by atoms with E-state index in [2.05, 4.69) is 43.7 Å². The number of aryl methyl sites for hydroxylation is 1. The fourth-order valence-electron chi connectivity index (χ4n) is 3.59. The van der Waals surface area contributed by atoms with Crippen LogP contribution in [0.15, 0.2) is 64.7 Å². The molecule has 0 atom stereocenters.